The van der Waals surface area contributed by atoms with Gasteiger partial charge in [0.05, 0.1) is 30.9 Å². The van der Waals surface area contributed by atoms with Crippen molar-refractivity contribution in [3.05, 3.63) is 82.7 Å². The number of nitrogens with one attached hydrogen (secondary N) is 1. The number of anilines is 1. The average molecular weight is 510 g/mol. The standard InChI is InChI=1S/C28H26F3N3O3/c1-15-11-19(9-10-21(15)27(35)37-5)22-13-23-24(14-25(22)36-4)33-17(3)34-26(23)32-16(2)18-7-6-8-20(12-18)28(29,30)31/h6-14,16H,1-5H3,(H,32,33,34)/t16-/m1/s1. The predicted octanol–water partition coefficient (Wildman–Crippen LogP) is 6.90. The van der Waals surface area contributed by atoms with E-state index in [9.17, 15) is 18.0 Å². The predicted molar refractivity (Wildman–Crippen MR) is 136 cm³/mol. The zero-order chi connectivity index (χ0) is 26.9. The van der Waals surface area contributed by atoms with Crippen LogP contribution in [0.4, 0.5) is 19.0 Å². The minimum Gasteiger partial charge on any atom is -0.496 e. The summed E-state index contributed by atoms with van der Waals surface area (Å²) in [6.45, 7) is 5.34. The minimum absolute atomic E-state index is 0.423. The molecule has 1 heterocycles. The van der Waals surface area contributed by atoms with Crippen molar-refractivity contribution >= 4 is 22.7 Å². The Morgan fingerprint density at radius 3 is 2.41 bits per heavy atom. The fourth-order valence-electron chi connectivity index (χ4n) is 4.22. The number of benzene rings is 3. The number of carbonyl (C=O) groups excluding carboxylic acids is 1. The van der Waals surface area contributed by atoms with E-state index in [1.54, 1.807) is 45.2 Å². The van der Waals surface area contributed by atoms with Crippen LogP contribution in [0, 0.1) is 13.8 Å². The van der Waals surface area contributed by atoms with Gasteiger partial charge in [-0.3, -0.25) is 0 Å². The number of esters is 1. The highest BCUT2D eigenvalue weighted by atomic mass is 19.4. The van der Waals surface area contributed by atoms with E-state index < -0.39 is 23.8 Å². The topological polar surface area (TPSA) is 73.3 Å². The Morgan fingerprint density at radius 1 is 1.00 bits per heavy atom. The molecular weight excluding hydrogens is 483 g/mol. The second-order valence-corrected chi connectivity index (χ2v) is 8.70. The first-order valence-corrected chi connectivity index (χ1v) is 11.5. The molecule has 0 radical (unpaired) electrons. The summed E-state index contributed by atoms with van der Waals surface area (Å²) in [6, 6.07) is 13.8. The molecule has 9 heteroatoms. The molecule has 0 aliphatic carbocycles. The number of hydrogen-bond acceptors (Lipinski definition) is 6. The summed E-state index contributed by atoms with van der Waals surface area (Å²) >= 11 is 0. The quantitative estimate of drug-likeness (QED) is 0.285. The lowest BCUT2D eigenvalue weighted by Crippen LogP contribution is -2.12. The molecule has 4 rings (SSSR count). The Bertz CT molecular complexity index is 1490. The minimum atomic E-state index is -4.43. The number of ether oxygens (including phenoxy) is 2. The van der Waals surface area contributed by atoms with E-state index in [1.807, 2.05) is 19.1 Å². The maximum atomic E-state index is 13.2. The third-order valence-electron chi connectivity index (χ3n) is 6.14. The number of methoxy groups -OCH3 is 2. The van der Waals surface area contributed by atoms with E-state index in [0.717, 1.165) is 28.8 Å². The fourth-order valence-corrected chi connectivity index (χ4v) is 4.22. The molecule has 3 aromatic carbocycles. The van der Waals surface area contributed by atoms with E-state index in [4.69, 9.17) is 9.47 Å². The van der Waals surface area contributed by atoms with Crippen LogP contribution in [0.1, 0.15) is 45.8 Å². The molecule has 0 aliphatic heterocycles. The maximum Gasteiger partial charge on any atom is 0.416 e. The van der Waals surface area contributed by atoms with Crippen molar-refractivity contribution in [3.63, 3.8) is 0 Å². The maximum absolute atomic E-state index is 13.2. The highest BCUT2D eigenvalue weighted by Gasteiger charge is 2.30. The lowest BCUT2D eigenvalue weighted by Gasteiger charge is -2.19. The number of alkyl halides is 3. The van der Waals surface area contributed by atoms with Gasteiger partial charge in [0.15, 0.2) is 0 Å². The Balaban J connectivity index is 1.80. The molecule has 0 saturated carbocycles. The molecule has 192 valence electrons. The molecule has 0 unspecified atom stereocenters. The molecule has 0 spiro atoms. The van der Waals surface area contributed by atoms with E-state index in [0.29, 0.717) is 39.4 Å². The number of nitrogens with zero attached hydrogens (tertiary/aromatic N) is 2. The molecular formula is C28H26F3N3O3. The molecule has 6 nitrogen and oxygen atoms in total. The number of fused-ring (bicyclic) bond motifs is 1. The van der Waals surface area contributed by atoms with Crippen molar-refractivity contribution < 1.29 is 27.4 Å². The summed E-state index contributed by atoms with van der Waals surface area (Å²) in [5.41, 5.74) is 3.14. The van der Waals surface area contributed by atoms with Gasteiger partial charge in [-0.2, -0.15) is 13.2 Å². The van der Waals surface area contributed by atoms with E-state index in [1.165, 1.54) is 13.2 Å². The summed E-state index contributed by atoms with van der Waals surface area (Å²) in [5.74, 6) is 1.14. The van der Waals surface area contributed by atoms with Gasteiger partial charge >= 0.3 is 12.1 Å². The van der Waals surface area contributed by atoms with E-state index in [2.05, 4.69) is 15.3 Å². The van der Waals surface area contributed by atoms with Crippen LogP contribution in [0.5, 0.6) is 5.75 Å². The molecule has 0 saturated heterocycles. The van der Waals surface area contributed by atoms with Crippen LogP contribution in [0.3, 0.4) is 0 Å². The molecule has 0 aliphatic rings. The largest absolute Gasteiger partial charge is 0.496 e. The van der Waals surface area contributed by atoms with Crippen LogP contribution in [-0.2, 0) is 10.9 Å². The zero-order valence-electron chi connectivity index (χ0n) is 21.0. The normalized spacial score (nSPS) is 12.3. The molecule has 4 aromatic rings. The van der Waals surface area contributed by atoms with E-state index in [-0.39, 0.29) is 0 Å². The number of hydrogen-bond donors (Lipinski definition) is 1. The van der Waals surface area contributed by atoms with Crippen LogP contribution in [-0.4, -0.2) is 30.2 Å². The lowest BCUT2D eigenvalue weighted by atomic mass is 9.97. The molecule has 37 heavy (non-hydrogen) atoms. The third kappa shape index (κ3) is 5.35. The molecule has 0 amide bonds. The Hall–Kier alpha value is -4.14. The van der Waals surface area contributed by atoms with Crippen molar-refractivity contribution in [2.24, 2.45) is 0 Å². The van der Waals surface area contributed by atoms with Gasteiger partial charge in [-0.15, -0.1) is 0 Å². The first-order chi connectivity index (χ1) is 17.5. The van der Waals surface area contributed by atoms with Gasteiger partial charge in [-0.05, 0) is 61.7 Å². The van der Waals surface area contributed by atoms with Gasteiger partial charge in [0.1, 0.15) is 17.4 Å². The summed E-state index contributed by atoms with van der Waals surface area (Å²) in [5, 5.41) is 3.94. The van der Waals surface area contributed by atoms with Crippen molar-refractivity contribution in [2.75, 3.05) is 19.5 Å². The van der Waals surface area contributed by atoms with Gasteiger partial charge in [0, 0.05) is 23.1 Å². The van der Waals surface area contributed by atoms with Gasteiger partial charge in [0.25, 0.3) is 0 Å². The summed E-state index contributed by atoms with van der Waals surface area (Å²) in [7, 11) is 2.89. The van der Waals surface area contributed by atoms with Crippen LogP contribution in [0.25, 0.3) is 22.0 Å². The fraction of sp³-hybridized carbons (Fsp3) is 0.250. The van der Waals surface area contributed by atoms with Crippen molar-refractivity contribution in [1.82, 2.24) is 9.97 Å². The molecule has 1 N–H and O–H groups in total. The van der Waals surface area contributed by atoms with Gasteiger partial charge < -0.3 is 14.8 Å². The van der Waals surface area contributed by atoms with Crippen LogP contribution < -0.4 is 10.1 Å². The first kappa shape index (κ1) is 25.9. The van der Waals surface area contributed by atoms with Crippen molar-refractivity contribution in [3.8, 4) is 16.9 Å². The zero-order valence-corrected chi connectivity index (χ0v) is 21.0. The van der Waals surface area contributed by atoms with Gasteiger partial charge in [-0.1, -0.05) is 24.3 Å². The summed E-state index contributed by atoms with van der Waals surface area (Å²) < 4.78 is 50.2. The SMILES string of the molecule is COC(=O)c1ccc(-c2cc3c(N[C@H](C)c4cccc(C(F)(F)F)c4)nc(C)nc3cc2OC)cc1C. The van der Waals surface area contributed by atoms with Crippen molar-refractivity contribution in [2.45, 2.75) is 33.0 Å². The Kier molecular flexibility index (Phi) is 7.07. The average Bonchev–Trinajstić information content (AvgIpc) is 2.86. The van der Waals surface area contributed by atoms with Gasteiger partial charge in [-0.25, -0.2) is 14.8 Å². The highest BCUT2D eigenvalue weighted by Crippen LogP contribution is 2.37. The molecule has 1 atom stereocenters. The van der Waals surface area contributed by atoms with Gasteiger partial charge in [0.2, 0.25) is 0 Å². The third-order valence-corrected chi connectivity index (χ3v) is 6.14. The highest BCUT2D eigenvalue weighted by molar-refractivity contribution is 5.96. The number of carbonyl (C=O) groups is 1. The van der Waals surface area contributed by atoms with Crippen LogP contribution in [0.2, 0.25) is 0 Å². The summed E-state index contributed by atoms with van der Waals surface area (Å²) in [4.78, 5) is 21.1. The molecule has 0 bridgehead atoms. The van der Waals surface area contributed by atoms with Crippen LogP contribution >= 0.6 is 0 Å². The molecule has 1 aromatic heterocycles. The number of rotatable bonds is 6. The Morgan fingerprint density at radius 2 is 1.76 bits per heavy atom. The van der Waals surface area contributed by atoms with Crippen LogP contribution in [0.15, 0.2) is 54.6 Å². The smallest absolute Gasteiger partial charge is 0.416 e. The first-order valence-electron chi connectivity index (χ1n) is 11.5. The van der Waals surface area contributed by atoms with E-state index >= 15 is 0 Å². The molecule has 0 fully saturated rings. The number of halogens is 3. The summed E-state index contributed by atoms with van der Waals surface area (Å²) in [6.07, 6.45) is -4.43. The monoisotopic (exact) mass is 509 g/mol. The Labute approximate surface area is 212 Å². The second-order valence-electron chi connectivity index (χ2n) is 8.70. The number of aromatic nitrogens is 2. The lowest BCUT2D eigenvalue weighted by molar-refractivity contribution is -0.137. The van der Waals surface area contributed by atoms with Crippen molar-refractivity contribution in [1.29, 1.82) is 0 Å². The second kappa shape index (κ2) is 10.1. The number of aryl methyl sites for hydroxylation is 2.